The van der Waals surface area contributed by atoms with Gasteiger partial charge in [-0.3, -0.25) is 0 Å². The Morgan fingerprint density at radius 3 is 2.62 bits per heavy atom. The first-order chi connectivity index (χ1) is 7.66. The van der Waals surface area contributed by atoms with Gasteiger partial charge in [0.25, 0.3) is 0 Å². The largest absolute Gasteiger partial charge is 0.380 e. The quantitative estimate of drug-likeness (QED) is 0.843. The van der Waals surface area contributed by atoms with Crippen LogP contribution in [0.2, 0.25) is 0 Å². The van der Waals surface area contributed by atoms with Gasteiger partial charge in [0, 0.05) is 19.2 Å². The van der Waals surface area contributed by atoms with E-state index in [4.69, 9.17) is 4.74 Å². The van der Waals surface area contributed by atoms with Crippen molar-refractivity contribution in [3.8, 4) is 0 Å². The predicted octanol–water partition coefficient (Wildman–Crippen LogP) is 2.49. The van der Waals surface area contributed by atoms with Crippen LogP contribution in [-0.4, -0.2) is 19.3 Å². The van der Waals surface area contributed by atoms with Crippen molar-refractivity contribution in [2.45, 2.75) is 39.8 Å². The maximum atomic E-state index is 5.36. The summed E-state index contributed by atoms with van der Waals surface area (Å²) in [5.74, 6) is 0. The second-order valence-corrected chi connectivity index (χ2v) is 4.80. The number of rotatable bonds is 3. The molecule has 1 saturated heterocycles. The number of aryl methyl sites for hydroxylation is 3. The van der Waals surface area contributed by atoms with Gasteiger partial charge in [0.2, 0.25) is 0 Å². The van der Waals surface area contributed by atoms with Gasteiger partial charge in [0.1, 0.15) is 0 Å². The molecular formula is C14H21NO. The average molecular weight is 219 g/mol. The predicted molar refractivity (Wildman–Crippen MR) is 66.7 cm³/mol. The summed E-state index contributed by atoms with van der Waals surface area (Å²) >= 11 is 0. The Kier molecular flexibility index (Phi) is 3.62. The van der Waals surface area contributed by atoms with Crippen molar-refractivity contribution in [2.75, 3.05) is 13.2 Å². The maximum absolute atomic E-state index is 5.36. The van der Waals surface area contributed by atoms with Crippen LogP contribution in [0.4, 0.5) is 0 Å². The molecule has 2 rings (SSSR count). The molecular weight excluding hydrogens is 198 g/mol. The highest BCUT2D eigenvalue weighted by Gasteiger charge is 2.14. The van der Waals surface area contributed by atoms with Crippen LogP contribution >= 0.6 is 0 Å². The second kappa shape index (κ2) is 4.98. The molecule has 0 aliphatic carbocycles. The summed E-state index contributed by atoms with van der Waals surface area (Å²) in [7, 11) is 0. The van der Waals surface area contributed by atoms with E-state index >= 15 is 0 Å². The molecule has 1 aromatic carbocycles. The van der Waals surface area contributed by atoms with Gasteiger partial charge in [-0.25, -0.2) is 0 Å². The molecule has 1 atom stereocenters. The van der Waals surface area contributed by atoms with Crippen molar-refractivity contribution in [3.05, 3.63) is 34.4 Å². The summed E-state index contributed by atoms with van der Waals surface area (Å²) in [6.07, 6.45) is 1.14. The van der Waals surface area contributed by atoms with Crippen LogP contribution < -0.4 is 5.32 Å². The molecule has 1 fully saturated rings. The van der Waals surface area contributed by atoms with Crippen molar-refractivity contribution >= 4 is 0 Å². The zero-order chi connectivity index (χ0) is 11.5. The summed E-state index contributed by atoms with van der Waals surface area (Å²) in [5, 5.41) is 3.56. The standard InChI is InChI=1S/C14H21NO/c1-10-6-12(3)13(7-11(10)2)8-15-14-4-5-16-9-14/h6-7,14-15H,4-5,8-9H2,1-3H3. The highest BCUT2D eigenvalue weighted by Crippen LogP contribution is 2.15. The van der Waals surface area contributed by atoms with E-state index < -0.39 is 0 Å². The van der Waals surface area contributed by atoms with Gasteiger partial charge < -0.3 is 10.1 Å². The van der Waals surface area contributed by atoms with Crippen LogP contribution in [0.25, 0.3) is 0 Å². The van der Waals surface area contributed by atoms with Crippen molar-refractivity contribution in [2.24, 2.45) is 0 Å². The van der Waals surface area contributed by atoms with E-state index in [2.05, 4.69) is 38.2 Å². The monoisotopic (exact) mass is 219 g/mol. The number of benzene rings is 1. The fourth-order valence-corrected chi connectivity index (χ4v) is 2.16. The van der Waals surface area contributed by atoms with E-state index in [1.165, 1.54) is 22.3 Å². The molecule has 0 radical (unpaired) electrons. The second-order valence-electron chi connectivity index (χ2n) is 4.80. The molecule has 1 N–H and O–H groups in total. The Balaban J connectivity index is 2.00. The van der Waals surface area contributed by atoms with Gasteiger partial charge in [-0.15, -0.1) is 0 Å². The first-order valence-electron chi connectivity index (χ1n) is 6.04. The van der Waals surface area contributed by atoms with Gasteiger partial charge >= 0.3 is 0 Å². The molecule has 1 unspecified atom stereocenters. The normalized spacial score (nSPS) is 20.3. The number of nitrogens with one attached hydrogen (secondary N) is 1. The molecule has 0 aromatic heterocycles. The molecule has 0 bridgehead atoms. The molecule has 1 aliphatic heterocycles. The minimum absolute atomic E-state index is 0.543. The fraction of sp³-hybridized carbons (Fsp3) is 0.571. The third kappa shape index (κ3) is 2.63. The van der Waals surface area contributed by atoms with Crippen molar-refractivity contribution in [1.29, 1.82) is 0 Å². The summed E-state index contributed by atoms with van der Waals surface area (Å²) in [4.78, 5) is 0. The lowest BCUT2D eigenvalue weighted by atomic mass is 10.0. The zero-order valence-electron chi connectivity index (χ0n) is 10.5. The van der Waals surface area contributed by atoms with Crippen LogP contribution in [0.15, 0.2) is 12.1 Å². The third-order valence-electron chi connectivity index (χ3n) is 3.46. The summed E-state index contributed by atoms with van der Waals surface area (Å²) in [6.45, 7) is 9.27. The van der Waals surface area contributed by atoms with Crippen molar-refractivity contribution in [3.63, 3.8) is 0 Å². The van der Waals surface area contributed by atoms with Gasteiger partial charge in [0.05, 0.1) is 6.61 Å². The Morgan fingerprint density at radius 1 is 1.19 bits per heavy atom. The molecule has 0 spiro atoms. The first kappa shape index (κ1) is 11.6. The molecule has 1 aromatic rings. The highest BCUT2D eigenvalue weighted by molar-refractivity contribution is 5.36. The summed E-state index contributed by atoms with van der Waals surface area (Å²) in [6, 6.07) is 5.12. The third-order valence-corrected chi connectivity index (χ3v) is 3.46. The molecule has 2 heteroatoms. The number of hydrogen-bond donors (Lipinski definition) is 1. The molecule has 0 saturated carbocycles. The summed E-state index contributed by atoms with van der Waals surface area (Å²) in [5.41, 5.74) is 5.56. The molecule has 2 nitrogen and oxygen atoms in total. The van der Waals surface area contributed by atoms with Gasteiger partial charge in [-0.2, -0.15) is 0 Å². The molecule has 1 aliphatic rings. The SMILES string of the molecule is Cc1cc(C)c(CNC2CCOC2)cc1C. The van der Waals surface area contributed by atoms with Crippen molar-refractivity contribution < 1.29 is 4.74 Å². The van der Waals surface area contributed by atoms with Crippen LogP contribution in [0.3, 0.4) is 0 Å². The fourth-order valence-electron chi connectivity index (χ4n) is 2.16. The van der Waals surface area contributed by atoms with E-state index in [1.54, 1.807) is 0 Å². The number of hydrogen-bond acceptors (Lipinski definition) is 2. The van der Waals surface area contributed by atoms with E-state index in [9.17, 15) is 0 Å². The van der Waals surface area contributed by atoms with Gasteiger partial charge in [0.15, 0.2) is 0 Å². The minimum atomic E-state index is 0.543. The van der Waals surface area contributed by atoms with Crippen LogP contribution in [-0.2, 0) is 11.3 Å². The Hall–Kier alpha value is -0.860. The van der Waals surface area contributed by atoms with E-state index in [-0.39, 0.29) is 0 Å². The molecule has 0 amide bonds. The highest BCUT2D eigenvalue weighted by atomic mass is 16.5. The van der Waals surface area contributed by atoms with Gasteiger partial charge in [-0.1, -0.05) is 12.1 Å². The first-order valence-corrected chi connectivity index (χ1v) is 6.04. The van der Waals surface area contributed by atoms with Crippen LogP contribution in [0.5, 0.6) is 0 Å². The lowest BCUT2D eigenvalue weighted by Crippen LogP contribution is -2.28. The topological polar surface area (TPSA) is 21.3 Å². The zero-order valence-corrected chi connectivity index (χ0v) is 10.5. The van der Waals surface area contributed by atoms with E-state index in [1.807, 2.05) is 0 Å². The van der Waals surface area contributed by atoms with Gasteiger partial charge in [-0.05, 0) is 49.4 Å². The maximum Gasteiger partial charge on any atom is 0.0620 e. The summed E-state index contributed by atoms with van der Waals surface area (Å²) < 4.78 is 5.36. The Labute approximate surface area is 98.0 Å². The number of ether oxygens (including phenoxy) is 1. The molecule has 1 heterocycles. The van der Waals surface area contributed by atoms with E-state index in [0.29, 0.717) is 6.04 Å². The smallest absolute Gasteiger partial charge is 0.0620 e. The lowest BCUT2D eigenvalue weighted by molar-refractivity contribution is 0.190. The minimum Gasteiger partial charge on any atom is -0.380 e. The Morgan fingerprint density at radius 2 is 1.94 bits per heavy atom. The van der Waals surface area contributed by atoms with E-state index in [0.717, 1.165) is 26.2 Å². The van der Waals surface area contributed by atoms with Crippen LogP contribution in [0.1, 0.15) is 28.7 Å². The molecule has 88 valence electrons. The lowest BCUT2D eigenvalue weighted by Gasteiger charge is -2.14. The molecule has 16 heavy (non-hydrogen) atoms. The average Bonchev–Trinajstić information content (AvgIpc) is 2.74. The van der Waals surface area contributed by atoms with Crippen LogP contribution in [0, 0.1) is 20.8 Å². The van der Waals surface area contributed by atoms with Crippen molar-refractivity contribution in [1.82, 2.24) is 5.32 Å². The Bertz CT molecular complexity index is 367.